The van der Waals surface area contributed by atoms with Crippen molar-refractivity contribution in [1.29, 1.82) is 0 Å². The summed E-state index contributed by atoms with van der Waals surface area (Å²) < 4.78 is 10.4. The first-order chi connectivity index (χ1) is 13.0. The Hall–Kier alpha value is -2.84. The lowest BCUT2D eigenvalue weighted by molar-refractivity contribution is -0.385. The Kier molecular flexibility index (Phi) is 6.16. The molecule has 0 aliphatic carbocycles. The molecule has 1 aliphatic heterocycles. The summed E-state index contributed by atoms with van der Waals surface area (Å²) in [6, 6.07) is 3.59. The number of carbonyl (C=O) groups is 2. The van der Waals surface area contributed by atoms with Crippen LogP contribution in [0.1, 0.15) is 45.0 Å². The van der Waals surface area contributed by atoms with Gasteiger partial charge in [0, 0.05) is 30.8 Å². The second-order valence-electron chi connectivity index (χ2n) is 7.80. The summed E-state index contributed by atoms with van der Waals surface area (Å²) in [7, 11) is 1.34. The number of methoxy groups -OCH3 is 1. The van der Waals surface area contributed by atoms with Crippen LogP contribution in [-0.2, 0) is 4.74 Å². The van der Waals surface area contributed by atoms with Gasteiger partial charge in [0.05, 0.1) is 18.1 Å². The number of amides is 2. The summed E-state index contributed by atoms with van der Waals surface area (Å²) >= 11 is 0. The molecule has 0 bridgehead atoms. The standard InChI is InChI=1S/C19H27N3O6/c1-12-13(2)21(18(24)28-19(3,4)5)10-9-20(12)17(23)14-7-8-16(27-6)15(11-14)22(25)26/h7-8,11-13H,9-10H2,1-6H3/t12-,13+/m0/s1. The Morgan fingerprint density at radius 3 is 2.25 bits per heavy atom. The van der Waals surface area contributed by atoms with E-state index < -0.39 is 16.6 Å². The van der Waals surface area contributed by atoms with Crippen LogP contribution in [0.2, 0.25) is 0 Å². The van der Waals surface area contributed by atoms with Crippen molar-refractivity contribution < 1.29 is 24.0 Å². The molecular formula is C19H27N3O6. The van der Waals surface area contributed by atoms with E-state index in [1.165, 1.54) is 25.3 Å². The molecule has 28 heavy (non-hydrogen) atoms. The predicted octanol–water partition coefficient (Wildman–Crippen LogP) is 3.07. The van der Waals surface area contributed by atoms with Gasteiger partial charge in [-0.05, 0) is 46.8 Å². The maximum atomic E-state index is 13.0. The average molecular weight is 393 g/mol. The van der Waals surface area contributed by atoms with Crippen LogP contribution in [0.3, 0.4) is 0 Å². The highest BCUT2D eigenvalue weighted by molar-refractivity contribution is 5.95. The number of nitrogens with zero attached hydrogens (tertiary/aromatic N) is 3. The molecule has 154 valence electrons. The number of nitro benzene ring substituents is 1. The van der Waals surface area contributed by atoms with Gasteiger partial charge in [-0.25, -0.2) is 4.79 Å². The van der Waals surface area contributed by atoms with Gasteiger partial charge in [-0.15, -0.1) is 0 Å². The van der Waals surface area contributed by atoms with Crippen LogP contribution in [0, 0.1) is 10.1 Å². The molecule has 0 aromatic heterocycles. The number of rotatable bonds is 3. The molecule has 0 radical (unpaired) electrons. The second-order valence-corrected chi connectivity index (χ2v) is 7.80. The Balaban J connectivity index is 2.19. The molecular weight excluding hydrogens is 366 g/mol. The number of nitro groups is 1. The first-order valence-electron chi connectivity index (χ1n) is 9.09. The fourth-order valence-corrected chi connectivity index (χ4v) is 3.14. The first kappa shape index (κ1) is 21.5. The third-order valence-corrected chi connectivity index (χ3v) is 4.77. The van der Waals surface area contributed by atoms with Crippen LogP contribution in [0.5, 0.6) is 5.75 Å². The molecule has 1 saturated heterocycles. The van der Waals surface area contributed by atoms with Gasteiger partial charge >= 0.3 is 11.8 Å². The van der Waals surface area contributed by atoms with E-state index in [0.717, 1.165) is 0 Å². The van der Waals surface area contributed by atoms with Crippen molar-refractivity contribution in [2.24, 2.45) is 0 Å². The van der Waals surface area contributed by atoms with Gasteiger partial charge in [-0.2, -0.15) is 0 Å². The van der Waals surface area contributed by atoms with E-state index in [9.17, 15) is 19.7 Å². The molecule has 1 aliphatic rings. The van der Waals surface area contributed by atoms with Crippen molar-refractivity contribution >= 4 is 17.7 Å². The predicted molar refractivity (Wildman–Crippen MR) is 103 cm³/mol. The van der Waals surface area contributed by atoms with Crippen molar-refractivity contribution in [2.75, 3.05) is 20.2 Å². The van der Waals surface area contributed by atoms with Gasteiger partial charge in [-0.1, -0.05) is 0 Å². The molecule has 0 unspecified atom stereocenters. The van der Waals surface area contributed by atoms with Gasteiger partial charge < -0.3 is 19.3 Å². The third kappa shape index (κ3) is 4.52. The molecule has 1 heterocycles. The van der Waals surface area contributed by atoms with Crippen molar-refractivity contribution in [3.63, 3.8) is 0 Å². The molecule has 1 fully saturated rings. The summed E-state index contributed by atoms with van der Waals surface area (Å²) in [6.07, 6.45) is -0.418. The lowest BCUT2D eigenvalue weighted by Gasteiger charge is -2.45. The van der Waals surface area contributed by atoms with Gasteiger partial charge in [0.15, 0.2) is 5.75 Å². The van der Waals surface area contributed by atoms with Crippen molar-refractivity contribution in [3.05, 3.63) is 33.9 Å². The molecule has 0 saturated carbocycles. The van der Waals surface area contributed by atoms with Crippen LogP contribution in [0.4, 0.5) is 10.5 Å². The summed E-state index contributed by atoms with van der Waals surface area (Å²) in [6.45, 7) is 9.73. The molecule has 0 spiro atoms. The minimum atomic E-state index is -0.602. The highest BCUT2D eigenvalue weighted by Gasteiger charge is 2.38. The Morgan fingerprint density at radius 2 is 1.71 bits per heavy atom. The zero-order chi connectivity index (χ0) is 21.2. The van der Waals surface area contributed by atoms with E-state index in [2.05, 4.69) is 0 Å². The average Bonchev–Trinajstić information content (AvgIpc) is 2.61. The topological polar surface area (TPSA) is 102 Å². The quantitative estimate of drug-likeness (QED) is 0.578. The number of piperazine rings is 1. The molecule has 0 N–H and O–H groups in total. The van der Waals surface area contributed by atoms with Crippen LogP contribution in [0.15, 0.2) is 18.2 Å². The van der Waals surface area contributed by atoms with Crippen molar-refractivity contribution in [2.45, 2.75) is 52.3 Å². The highest BCUT2D eigenvalue weighted by atomic mass is 16.6. The molecule has 9 nitrogen and oxygen atoms in total. The highest BCUT2D eigenvalue weighted by Crippen LogP contribution is 2.29. The van der Waals surface area contributed by atoms with E-state index in [1.807, 2.05) is 13.8 Å². The van der Waals surface area contributed by atoms with E-state index in [1.54, 1.807) is 30.6 Å². The number of carbonyl (C=O) groups excluding carboxylic acids is 2. The summed E-state index contributed by atoms with van der Waals surface area (Å²) in [5.74, 6) is -0.230. The van der Waals surface area contributed by atoms with Crippen molar-refractivity contribution in [3.8, 4) is 5.75 Å². The maximum Gasteiger partial charge on any atom is 0.410 e. The third-order valence-electron chi connectivity index (χ3n) is 4.77. The molecule has 2 amide bonds. The Labute approximate surface area is 164 Å². The Bertz CT molecular complexity index is 773. The van der Waals surface area contributed by atoms with Gasteiger partial charge in [-0.3, -0.25) is 14.9 Å². The largest absolute Gasteiger partial charge is 0.490 e. The Morgan fingerprint density at radius 1 is 1.14 bits per heavy atom. The minimum Gasteiger partial charge on any atom is -0.490 e. The van der Waals surface area contributed by atoms with E-state index in [-0.39, 0.29) is 35.0 Å². The maximum absolute atomic E-state index is 13.0. The fourth-order valence-electron chi connectivity index (χ4n) is 3.14. The van der Waals surface area contributed by atoms with Crippen molar-refractivity contribution in [1.82, 2.24) is 9.80 Å². The normalized spacial score (nSPS) is 19.9. The second kappa shape index (κ2) is 8.04. The lowest BCUT2D eigenvalue weighted by atomic mass is 10.0. The molecule has 2 rings (SSSR count). The van der Waals surface area contributed by atoms with Crippen LogP contribution < -0.4 is 4.74 Å². The van der Waals surface area contributed by atoms with Crippen LogP contribution in [0.25, 0.3) is 0 Å². The van der Waals surface area contributed by atoms with Crippen LogP contribution >= 0.6 is 0 Å². The first-order valence-corrected chi connectivity index (χ1v) is 9.09. The number of hydrogen-bond acceptors (Lipinski definition) is 6. The lowest BCUT2D eigenvalue weighted by Crippen LogP contribution is -2.60. The van der Waals surface area contributed by atoms with Gasteiger partial charge in [0.2, 0.25) is 0 Å². The number of ether oxygens (including phenoxy) is 2. The minimum absolute atomic E-state index is 0.0951. The molecule has 2 atom stereocenters. The molecule has 1 aromatic carbocycles. The van der Waals surface area contributed by atoms with E-state index in [0.29, 0.717) is 13.1 Å². The SMILES string of the molecule is COc1ccc(C(=O)N2CCN(C(=O)OC(C)(C)C)[C@H](C)[C@@H]2C)cc1[N+](=O)[O-]. The fraction of sp³-hybridized carbons (Fsp3) is 0.579. The zero-order valence-electron chi connectivity index (χ0n) is 17.1. The smallest absolute Gasteiger partial charge is 0.410 e. The van der Waals surface area contributed by atoms with Crippen LogP contribution in [-0.4, -0.2) is 64.6 Å². The van der Waals surface area contributed by atoms with Gasteiger partial charge in [0.1, 0.15) is 5.60 Å². The zero-order valence-corrected chi connectivity index (χ0v) is 17.1. The summed E-state index contributed by atoms with van der Waals surface area (Å²) in [5.41, 5.74) is -0.659. The van der Waals surface area contributed by atoms with Gasteiger partial charge in [0.25, 0.3) is 5.91 Å². The number of hydrogen-bond donors (Lipinski definition) is 0. The van der Waals surface area contributed by atoms with E-state index >= 15 is 0 Å². The molecule has 9 heteroatoms. The van der Waals surface area contributed by atoms with E-state index in [4.69, 9.17) is 9.47 Å². The number of benzene rings is 1. The summed E-state index contributed by atoms with van der Waals surface area (Å²) in [4.78, 5) is 39.3. The molecule has 1 aromatic rings. The monoisotopic (exact) mass is 393 g/mol. The summed E-state index contributed by atoms with van der Waals surface area (Å²) in [5, 5.41) is 11.2.